The Labute approximate surface area is 61.1 Å². The van der Waals surface area contributed by atoms with Crippen molar-refractivity contribution in [3.63, 3.8) is 0 Å². The predicted molar refractivity (Wildman–Crippen MR) is 41.5 cm³/mol. The van der Waals surface area contributed by atoms with Gasteiger partial charge in [0.15, 0.2) is 0 Å². The molecule has 0 atom stereocenters. The van der Waals surface area contributed by atoms with E-state index in [1.807, 2.05) is 18.3 Å². The molecule has 0 aromatic carbocycles. The van der Waals surface area contributed by atoms with E-state index in [0.717, 1.165) is 5.82 Å². The first kappa shape index (κ1) is 7.06. The number of hydrogen-bond donors (Lipinski definition) is 1. The smallest absolute Gasteiger partial charge is 0.270 e. The van der Waals surface area contributed by atoms with Gasteiger partial charge in [0, 0.05) is 6.07 Å². The minimum Gasteiger partial charge on any atom is -0.287 e. The Kier molecular flexibility index (Phi) is 1.90. The number of H-pyrrole nitrogens is 1. The summed E-state index contributed by atoms with van der Waals surface area (Å²) in [6.07, 6.45) is 1.87. The van der Waals surface area contributed by atoms with E-state index in [1.165, 1.54) is 5.56 Å². The third-order valence-electron chi connectivity index (χ3n) is 1.51. The monoisotopic (exact) mass is 137 g/mol. The van der Waals surface area contributed by atoms with Crippen LogP contribution in [0.5, 0.6) is 0 Å². The molecule has 0 aliphatic rings. The summed E-state index contributed by atoms with van der Waals surface area (Å²) in [4.78, 5) is 2.90. The van der Waals surface area contributed by atoms with E-state index in [9.17, 15) is 0 Å². The molecule has 0 fully saturated rings. The number of rotatable bonds is 1. The first-order valence-electron chi connectivity index (χ1n) is 3.47. The lowest BCUT2D eigenvalue weighted by atomic mass is 10.1. The Bertz CT molecular complexity index is 218. The molecule has 2 heteroatoms. The summed E-state index contributed by atoms with van der Waals surface area (Å²) in [7, 11) is 0. The van der Waals surface area contributed by atoms with Gasteiger partial charge in [-0.05, 0) is 17.5 Å². The Morgan fingerprint density at radius 3 is 2.60 bits per heavy atom. The van der Waals surface area contributed by atoms with Crippen LogP contribution < -0.4 is 10.7 Å². The van der Waals surface area contributed by atoms with Crippen molar-refractivity contribution in [2.24, 2.45) is 0 Å². The second kappa shape index (κ2) is 2.69. The molecule has 54 valence electrons. The molecule has 0 amide bonds. The Morgan fingerprint density at radius 2 is 2.20 bits per heavy atom. The van der Waals surface area contributed by atoms with E-state index in [1.54, 1.807) is 0 Å². The molecule has 1 heterocycles. The fourth-order valence-electron chi connectivity index (χ4n) is 0.863. The van der Waals surface area contributed by atoms with Gasteiger partial charge in [-0.15, -0.1) is 0 Å². The largest absolute Gasteiger partial charge is 0.287 e. The summed E-state index contributed by atoms with van der Waals surface area (Å²) < 4.78 is 0. The van der Waals surface area contributed by atoms with Gasteiger partial charge in [-0.1, -0.05) is 13.8 Å². The highest BCUT2D eigenvalue weighted by Gasteiger charge is 2.00. The van der Waals surface area contributed by atoms with Crippen molar-refractivity contribution in [2.45, 2.75) is 19.8 Å². The average molecular weight is 137 g/mol. The van der Waals surface area contributed by atoms with Crippen molar-refractivity contribution < 1.29 is 4.98 Å². The van der Waals surface area contributed by atoms with Gasteiger partial charge in [0.25, 0.3) is 5.82 Å². The van der Waals surface area contributed by atoms with E-state index in [2.05, 4.69) is 18.8 Å². The minimum absolute atomic E-state index is 0.553. The summed E-state index contributed by atoms with van der Waals surface area (Å²) >= 11 is 0. The van der Waals surface area contributed by atoms with Crippen molar-refractivity contribution >= 4 is 5.82 Å². The lowest BCUT2D eigenvalue weighted by Crippen LogP contribution is -2.09. The number of hydrogen-bond acceptors (Lipinski definition) is 1. The third kappa shape index (κ3) is 1.47. The molecule has 10 heavy (non-hydrogen) atoms. The Morgan fingerprint density at radius 1 is 1.50 bits per heavy atom. The fraction of sp³-hybridized carbons (Fsp3) is 0.375. The average Bonchev–Trinajstić information content (AvgIpc) is 1.88. The minimum atomic E-state index is 0.553. The van der Waals surface area contributed by atoms with Gasteiger partial charge in [-0.2, -0.15) is 0 Å². The molecule has 0 bridgehead atoms. The summed E-state index contributed by atoms with van der Waals surface area (Å²) in [5.41, 5.74) is 6.82. The zero-order valence-electron chi connectivity index (χ0n) is 6.39. The second-order valence-corrected chi connectivity index (χ2v) is 2.73. The van der Waals surface area contributed by atoms with Crippen molar-refractivity contribution in [1.29, 1.82) is 0 Å². The van der Waals surface area contributed by atoms with Crippen LogP contribution in [0.1, 0.15) is 25.3 Å². The van der Waals surface area contributed by atoms with Gasteiger partial charge in [0.1, 0.15) is 0 Å². The van der Waals surface area contributed by atoms with Crippen LogP contribution >= 0.6 is 0 Å². The number of anilines is 1. The van der Waals surface area contributed by atoms with Crippen molar-refractivity contribution in [1.82, 2.24) is 0 Å². The quantitative estimate of drug-likeness (QED) is 0.621. The van der Waals surface area contributed by atoms with Crippen molar-refractivity contribution in [3.8, 4) is 0 Å². The van der Waals surface area contributed by atoms with Gasteiger partial charge < -0.3 is 0 Å². The first-order chi connectivity index (χ1) is 4.70. The number of pyridine rings is 1. The maximum atomic E-state index is 5.54. The predicted octanol–water partition coefficient (Wildman–Crippen LogP) is 1.21. The van der Waals surface area contributed by atoms with Gasteiger partial charge >= 0.3 is 0 Å². The molecule has 1 aromatic heterocycles. The second-order valence-electron chi connectivity index (χ2n) is 2.73. The van der Waals surface area contributed by atoms with Crippen molar-refractivity contribution in [2.75, 3.05) is 5.73 Å². The summed E-state index contributed by atoms with van der Waals surface area (Å²) in [6, 6.07) is 4.01. The number of nitrogens with two attached hydrogens (primary N) is 1. The van der Waals surface area contributed by atoms with Gasteiger partial charge in [0.2, 0.25) is 0 Å². The zero-order chi connectivity index (χ0) is 7.56. The summed E-state index contributed by atoms with van der Waals surface area (Å²) in [6.45, 7) is 4.30. The molecule has 1 rings (SSSR count). The SMILES string of the molecule is CC(C)c1cc[nH+]c(N)c1. The van der Waals surface area contributed by atoms with Crippen LogP contribution in [0.2, 0.25) is 0 Å². The van der Waals surface area contributed by atoms with Crippen LogP contribution in [0.3, 0.4) is 0 Å². The molecule has 0 saturated heterocycles. The lowest BCUT2D eigenvalue weighted by molar-refractivity contribution is -0.360. The Balaban J connectivity index is 2.96. The zero-order valence-corrected chi connectivity index (χ0v) is 6.39. The van der Waals surface area contributed by atoms with Crippen LogP contribution in [0.25, 0.3) is 0 Å². The maximum absolute atomic E-state index is 5.54. The number of nitrogen functional groups attached to an aromatic ring is 1. The van der Waals surface area contributed by atoms with Crippen LogP contribution in [-0.2, 0) is 0 Å². The molecule has 0 radical (unpaired) electrons. The molecule has 0 saturated carbocycles. The highest BCUT2D eigenvalue weighted by molar-refractivity contribution is 5.27. The molecule has 3 N–H and O–H groups in total. The van der Waals surface area contributed by atoms with Crippen molar-refractivity contribution in [3.05, 3.63) is 23.9 Å². The van der Waals surface area contributed by atoms with Crippen LogP contribution in [0.15, 0.2) is 18.3 Å². The normalized spacial score (nSPS) is 10.3. The highest BCUT2D eigenvalue weighted by Crippen LogP contribution is 2.12. The summed E-state index contributed by atoms with van der Waals surface area (Å²) in [5, 5.41) is 0. The topological polar surface area (TPSA) is 40.2 Å². The molecule has 2 nitrogen and oxygen atoms in total. The molecule has 1 aromatic rings. The molecule has 0 aliphatic heterocycles. The third-order valence-corrected chi connectivity index (χ3v) is 1.51. The number of aromatic amines is 1. The van der Waals surface area contributed by atoms with Crippen LogP contribution in [0, 0.1) is 0 Å². The number of nitrogens with one attached hydrogen (secondary N) is 1. The van der Waals surface area contributed by atoms with Crippen LogP contribution in [-0.4, -0.2) is 0 Å². The first-order valence-corrected chi connectivity index (χ1v) is 3.47. The van der Waals surface area contributed by atoms with E-state index in [4.69, 9.17) is 5.73 Å². The highest BCUT2D eigenvalue weighted by atomic mass is 14.8. The fourth-order valence-corrected chi connectivity index (χ4v) is 0.863. The van der Waals surface area contributed by atoms with E-state index in [0.29, 0.717) is 5.92 Å². The van der Waals surface area contributed by atoms with Gasteiger partial charge in [0.05, 0.1) is 6.20 Å². The molecule has 0 aliphatic carbocycles. The molecule has 0 spiro atoms. The van der Waals surface area contributed by atoms with Gasteiger partial charge in [-0.25, -0.2) is 4.98 Å². The molecular weight excluding hydrogens is 124 g/mol. The number of aromatic nitrogens is 1. The van der Waals surface area contributed by atoms with E-state index < -0.39 is 0 Å². The van der Waals surface area contributed by atoms with E-state index in [-0.39, 0.29) is 0 Å². The van der Waals surface area contributed by atoms with Crippen LogP contribution in [0.4, 0.5) is 5.82 Å². The summed E-state index contributed by atoms with van der Waals surface area (Å²) in [5.74, 6) is 1.28. The Hall–Kier alpha value is -1.05. The van der Waals surface area contributed by atoms with Gasteiger partial charge in [-0.3, -0.25) is 5.73 Å². The molecule has 0 unspecified atom stereocenters. The molecular formula is C8H13N2+. The van der Waals surface area contributed by atoms with E-state index >= 15 is 0 Å². The standard InChI is InChI=1S/C8H12N2/c1-6(2)7-3-4-10-8(9)5-7/h3-6H,1-2H3,(H2,9,10)/p+1. The maximum Gasteiger partial charge on any atom is 0.270 e. The lowest BCUT2D eigenvalue weighted by Gasteiger charge is -2.01.